The number of hydrogen-bond acceptors (Lipinski definition) is 2. The van der Waals surface area contributed by atoms with Gasteiger partial charge in [-0.15, -0.1) is 0 Å². The van der Waals surface area contributed by atoms with Crippen LogP contribution in [0.5, 0.6) is 5.75 Å². The van der Waals surface area contributed by atoms with Gasteiger partial charge in [-0.1, -0.05) is 31.9 Å². The molecule has 18 heavy (non-hydrogen) atoms. The summed E-state index contributed by atoms with van der Waals surface area (Å²) in [6, 6.07) is 6.58. The molecule has 0 amide bonds. The second-order valence-electron chi connectivity index (χ2n) is 5.86. The van der Waals surface area contributed by atoms with Gasteiger partial charge in [0.25, 0.3) is 0 Å². The summed E-state index contributed by atoms with van der Waals surface area (Å²) < 4.78 is 5.89. The maximum Gasteiger partial charge on any atom is 0.123 e. The van der Waals surface area contributed by atoms with Gasteiger partial charge >= 0.3 is 0 Å². The van der Waals surface area contributed by atoms with Crippen LogP contribution in [0.1, 0.15) is 51.2 Å². The third-order valence-electron chi connectivity index (χ3n) is 3.41. The zero-order chi connectivity index (χ0) is 13.0. The van der Waals surface area contributed by atoms with E-state index >= 15 is 0 Å². The average Bonchev–Trinajstić information content (AvgIpc) is 2.62. The summed E-state index contributed by atoms with van der Waals surface area (Å²) in [6.45, 7) is 8.62. The molecule has 1 aliphatic rings. The fraction of sp³-hybridized carbons (Fsp3) is 0.625. The van der Waals surface area contributed by atoms with Gasteiger partial charge in [0.05, 0.1) is 0 Å². The van der Waals surface area contributed by atoms with E-state index in [1.54, 1.807) is 0 Å². The predicted molar refractivity (Wildman–Crippen MR) is 76.1 cm³/mol. The molecule has 0 atom stereocenters. The van der Waals surface area contributed by atoms with Crippen LogP contribution in [0.2, 0.25) is 0 Å². The van der Waals surface area contributed by atoms with Crippen LogP contribution < -0.4 is 10.1 Å². The van der Waals surface area contributed by atoms with E-state index in [-0.39, 0.29) is 5.60 Å². The Morgan fingerprint density at radius 1 is 1.28 bits per heavy atom. The topological polar surface area (TPSA) is 21.3 Å². The van der Waals surface area contributed by atoms with Gasteiger partial charge in [-0.25, -0.2) is 0 Å². The number of hydrogen-bond donors (Lipinski definition) is 1. The number of benzene rings is 1. The highest BCUT2D eigenvalue weighted by atomic mass is 16.5. The lowest BCUT2D eigenvalue weighted by molar-refractivity contribution is 0.138. The second-order valence-corrected chi connectivity index (χ2v) is 5.86. The van der Waals surface area contributed by atoms with Crippen molar-refractivity contribution in [1.82, 2.24) is 5.32 Å². The lowest BCUT2D eigenvalue weighted by Crippen LogP contribution is -2.24. The predicted octanol–water partition coefficient (Wildman–Crippen LogP) is 3.68. The molecule has 1 aromatic carbocycles. The summed E-state index contributed by atoms with van der Waals surface area (Å²) >= 11 is 0. The van der Waals surface area contributed by atoms with Crippen LogP contribution in [-0.4, -0.2) is 12.1 Å². The molecule has 1 N–H and O–H groups in total. The molecule has 0 radical (unpaired) electrons. The smallest absolute Gasteiger partial charge is 0.123 e. The van der Waals surface area contributed by atoms with Crippen molar-refractivity contribution < 1.29 is 4.74 Å². The molecule has 0 saturated carbocycles. The van der Waals surface area contributed by atoms with Gasteiger partial charge < -0.3 is 10.1 Å². The second kappa shape index (κ2) is 5.75. The largest absolute Gasteiger partial charge is 0.487 e. The van der Waals surface area contributed by atoms with Crippen molar-refractivity contribution in [2.75, 3.05) is 6.54 Å². The Hall–Kier alpha value is -1.02. The monoisotopic (exact) mass is 247 g/mol. The maximum absolute atomic E-state index is 5.89. The van der Waals surface area contributed by atoms with Crippen LogP contribution in [0.25, 0.3) is 0 Å². The molecule has 0 bridgehead atoms. The molecule has 100 valence electrons. The Kier molecular flexibility index (Phi) is 4.28. The molecule has 0 aromatic heterocycles. The van der Waals surface area contributed by atoms with Crippen molar-refractivity contribution in [2.24, 2.45) is 0 Å². The minimum Gasteiger partial charge on any atom is -0.487 e. The molecule has 2 heteroatoms. The Labute approximate surface area is 111 Å². The fourth-order valence-electron chi connectivity index (χ4n) is 2.51. The van der Waals surface area contributed by atoms with Crippen molar-refractivity contribution in [3.05, 3.63) is 29.3 Å². The van der Waals surface area contributed by atoms with Gasteiger partial charge in [0.2, 0.25) is 0 Å². The Bertz CT molecular complexity index is 398. The third-order valence-corrected chi connectivity index (χ3v) is 3.41. The average molecular weight is 247 g/mol. The van der Waals surface area contributed by atoms with Gasteiger partial charge in [-0.2, -0.15) is 0 Å². The van der Waals surface area contributed by atoms with Crippen molar-refractivity contribution in [2.45, 2.75) is 58.6 Å². The molecule has 0 aliphatic carbocycles. The maximum atomic E-state index is 5.89. The first kappa shape index (κ1) is 13.4. The molecular formula is C16H25NO. The van der Waals surface area contributed by atoms with E-state index in [0.29, 0.717) is 0 Å². The van der Waals surface area contributed by atoms with Crippen molar-refractivity contribution in [1.29, 1.82) is 0 Å². The molecule has 0 fully saturated rings. The van der Waals surface area contributed by atoms with Crippen LogP contribution in [0.15, 0.2) is 18.2 Å². The van der Waals surface area contributed by atoms with E-state index in [1.165, 1.54) is 30.4 Å². The van der Waals surface area contributed by atoms with Crippen molar-refractivity contribution >= 4 is 0 Å². The van der Waals surface area contributed by atoms with Crippen LogP contribution in [0.3, 0.4) is 0 Å². The van der Waals surface area contributed by atoms with Gasteiger partial charge in [0.1, 0.15) is 11.4 Å². The number of nitrogens with one attached hydrogen (secondary N) is 1. The molecule has 2 nitrogen and oxygen atoms in total. The minimum absolute atomic E-state index is 0.0322. The van der Waals surface area contributed by atoms with E-state index in [9.17, 15) is 0 Å². The summed E-state index contributed by atoms with van der Waals surface area (Å²) in [4.78, 5) is 0. The normalized spacial score (nSPS) is 16.4. The highest BCUT2D eigenvalue weighted by Crippen LogP contribution is 2.35. The van der Waals surface area contributed by atoms with Gasteiger partial charge in [0.15, 0.2) is 0 Å². The molecule has 1 aromatic rings. The highest BCUT2D eigenvalue weighted by molar-refractivity contribution is 5.41. The lowest BCUT2D eigenvalue weighted by atomic mass is 10.0. The molecule has 0 saturated heterocycles. The van der Waals surface area contributed by atoms with Crippen molar-refractivity contribution in [3.8, 4) is 5.75 Å². The minimum atomic E-state index is -0.0322. The first-order chi connectivity index (χ1) is 8.61. The summed E-state index contributed by atoms with van der Waals surface area (Å²) in [5.41, 5.74) is 2.69. The number of ether oxygens (including phenoxy) is 1. The molecule has 2 rings (SSSR count). The first-order valence-corrected chi connectivity index (χ1v) is 7.12. The van der Waals surface area contributed by atoms with Crippen LogP contribution in [-0.2, 0) is 13.0 Å². The summed E-state index contributed by atoms with van der Waals surface area (Å²) in [7, 11) is 0. The van der Waals surface area contributed by atoms with E-state index in [4.69, 9.17) is 4.74 Å². The SMILES string of the molecule is CCCCCNCc1ccc2c(c1)CC(C)(C)O2. The van der Waals surface area contributed by atoms with Crippen molar-refractivity contribution in [3.63, 3.8) is 0 Å². The summed E-state index contributed by atoms with van der Waals surface area (Å²) in [6.07, 6.45) is 4.90. The molecule has 1 heterocycles. The number of rotatable bonds is 6. The first-order valence-electron chi connectivity index (χ1n) is 7.12. The van der Waals surface area contributed by atoms with E-state index in [0.717, 1.165) is 25.3 Å². The van der Waals surface area contributed by atoms with Gasteiger partial charge in [-0.3, -0.25) is 0 Å². The van der Waals surface area contributed by atoms with Gasteiger partial charge in [0, 0.05) is 13.0 Å². The quantitative estimate of drug-likeness (QED) is 0.774. The molecule has 0 spiro atoms. The third kappa shape index (κ3) is 3.49. The number of unbranched alkanes of at least 4 members (excludes halogenated alkanes) is 2. The summed E-state index contributed by atoms with van der Waals surface area (Å²) in [5.74, 6) is 1.06. The molecule has 1 aliphatic heterocycles. The fourth-order valence-corrected chi connectivity index (χ4v) is 2.51. The van der Waals surface area contributed by atoms with Crippen LogP contribution in [0, 0.1) is 0 Å². The van der Waals surface area contributed by atoms with E-state index in [2.05, 4.69) is 44.3 Å². The van der Waals surface area contributed by atoms with Crippen LogP contribution >= 0.6 is 0 Å². The number of fused-ring (bicyclic) bond motifs is 1. The molecular weight excluding hydrogens is 222 g/mol. The zero-order valence-corrected chi connectivity index (χ0v) is 11.9. The zero-order valence-electron chi connectivity index (χ0n) is 11.9. The highest BCUT2D eigenvalue weighted by Gasteiger charge is 2.29. The Balaban J connectivity index is 1.85. The standard InChI is InChI=1S/C16H25NO/c1-4-5-6-9-17-12-13-7-8-15-14(10-13)11-16(2,3)18-15/h7-8,10,17H,4-6,9,11-12H2,1-3H3. The Morgan fingerprint density at radius 2 is 2.11 bits per heavy atom. The van der Waals surface area contributed by atoms with E-state index in [1.807, 2.05) is 0 Å². The summed E-state index contributed by atoms with van der Waals surface area (Å²) in [5, 5.41) is 3.51. The van der Waals surface area contributed by atoms with Gasteiger partial charge in [-0.05, 0) is 44.0 Å². The Morgan fingerprint density at radius 3 is 2.89 bits per heavy atom. The van der Waals surface area contributed by atoms with Crippen LogP contribution in [0.4, 0.5) is 0 Å². The molecule has 0 unspecified atom stereocenters. The van der Waals surface area contributed by atoms with E-state index < -0.39 is 0 Å². The lowest BCUT2D eigenvalue weighted by Gasteiger charge is -2.16.